The Labute approximate surface area is 86.5 Å². The second-order valence-electron chi connectivity index (χ2n) is 4.11. The zero-order chi connectivity index (χ0) is 11.7. The number of halogens is 3. The van der Waals surface area contributed by atoms with Gasteiger partial charge in [0.2, 0.25) is 0 Å². The van der Waals surface area contributed by atoms with Crippen LogP contribution in [-0.2, 0) is 9.53 Å². The summed E-state index contributed by atoms with van der Waals surface area (Å²) in [7, 11) is 1.25. The molecule has 0 fully saturated rings. The maximum atomic E-state index is 12.4. The van der Waals surface area contributed by atoms with E-state index in [1.54, 1.807) is 6.92 Å². The second-order valence-corrected chi connectivity index (χ2v) is 4.11. The van der Waals surface area contributed by atoms with Crippen LogP contribution in [0, 0.1) is 5.41 Å². The first-order chi connectivity index (χ1) is 6.79. The van der Waals surface area contributed by atoms with Crippen molar-refractivity contribution < 1.29 is 22.5 Å². The van der Waals surface area contributed by atoms with Gasteiger partial charge in [-0.2, -0.15) is 0 Å². The normalized spacial score (nSPS) is 27.1. The molecule has 0 aromatic carbocycles. The molecule has 1 aliphatic rings. The second kappa shape index (κ2) is 3.91. The molecular weight excluding hydrogens is 208 g/mol. The summed E-state index contributed by atoms with van der Waals surface area (Å²) >= 11 is 0. The highest BCUT2D eigenvalue weighted by Crippen LogP contribution is 2.39. The first-order valence-corrected chi connectivity index (χ1v) is 4.77. The lowest BCUT2D eigenvalue weighted by molar-refractivity contribution is -0.152. The Hall–Kier alpha value is -0.935. The molecule has 1 atom stereocenters. The molecule has 0 spiro atoms. The SMILES string of the molecule is COC(=O)C1(C)CC=C([B-](F)(F)F)CC1. The number of hydrogen-bond acceptors (Lipinski definition) is 2. The van der Waals surface area contributed by atoms with Gasteiger partial charge in [-0.25, -0.2) is 0 Å². The minimum absolute atomic E-state index is 0.0882. The first-order valence-electron chi connectivity index (χ1n) is 4.77. The molecule has 0 saturated heterocycles. The van der Waals surface area contributed by atoms with Gasteiger partial charge in [-0.15, -0.1) is 11.5 Å². The smallest absolute Gasteiger partial charge is 0.469 e. The van der Waals surface area contributed by atoms with Crippen molar-refractivity contribution >= 4 is 12.9 Å². The van der Waals surface area contributed by atoms with Crippen LogP contribution in [0.5, 0.6) is 0 Å². The van der Waals surface area contributed by atoms with Gasteiger partial charge in [-0.05, 0) is 19.8 Å². The molecule has 0 aromatic rings. The Morgan fingerprint density at radius 3 is 2.47 bits per heavy atom. The summed E-state index contributed by atoms with van der Waals surface area (Å²) in [6.07, 6.45) is 1.35. The van der Waals surface area contributed by atoms with E-state index in [1.165, 1.54) is 7.11 Å². The molecule has 1 unspecified atom stereocenters. The maximum Gasteiger partial charge on any atom is 0.505 e. The van der Waals surface area contributed by atoms with Gasteiger partial charge in [-0.1, -0.05) is 6.42 Å². The predicted octanol–water partition coefficient (Wildman–Crippen LogP) is 2.66. The van der Waals surface area contributed by atoms with E-state index in [2.05, 4.69) is 4.74 Å². The van der Waals surface area contributed by atoms with Gasteiger partial charge in [0.25, 0.3) is 0 Å². The van der Waals surface area contributed by atoms with Crippen molar-refractivity contribution in [1.29, 1.82) is 0 Å². The number of allylic oxidation sites excluding steroid dienone is 2. The molecule has 2 nitrogen and oxygen atoms in total. The number of rotatable bonds is 2. The number of ether oxygens (including phenoxy) is 1. The van der Waals surface area contributed by atoms with Gasteiger partial charge in [0.05, 0.1) is 12.5 Å². The predicted molar refractivity (Wildman–Crippen MR) is 51.1 cm³/mol. The number of hydrogen-bond donors (Lipinski definition) is 0. The fourth-order valence-corrected chi connectivity index (χ4v) is 1.71. The summed E-state index contributed by atoms with van der Waals surface area (Å²) in [6, 6.07) is 0. The van der Waals surface area contributed by atoms with Crippen LogP contribution in [0.25, 0.3) is 0 Å². The molecule has 0 bridgehead atoms. The quantitative estimate of drug-likeness (QED) is 0.529. The van der Waals surface area contributed by atoms with Gasteiger partial charge in [0.15, 0.2) is 0 Å². The zero-order valence-corrected chi connectivity index (χ0v) is 8.73. The van der Waals surface area contributed by atoms with Crippen molar-refractivity contribution in [2.24, 2.45) is 5.41 Å². The monoisotopic (exact) mass is 221 g/mol. The highest BCUT2D eigenvalue weighted by atomic mass is 19.4. The van der Waals surface area contributed by atoms with Gasteiger partial charge in [0, 0.05) is 0 Å². The highest BCUT2D eigenvalue weighted by Gasteiger charge is 2.39. The molecule has 0 radical (unpaired) electrons. The topological polar surface area (TPSA) is 26.3 Å². The third-order valence-electron chi connectivity index (χ3n) is 2.88. The summed E-state index contributed by atoms with van der Waals surface area (Å²) in [6.45, 7) is -3.26. The van der Waals surface area contributed by atoms with Crippen LogP contribution in [0.2, 0.25) is 0 Å². The third-order valence-corrected chi connectivity index (χ3v) is 2.88. The summed E-state index contributed by atoms with van der Waals surface area (Å²) in [5, 5.41) is 0. The summed E-state index contributed by atoms with van der Waals surface area (Å²) < 4.78 is 41.6. The van der Waals surface area contributed by atoms with E-state index in [1.807, 2.05) is 0 Å². The van der Waals surface area contributed by atoms with E-state index in [9.17, 15) is 17.7 Å². The molecule has 86 valence electrons. The number of carbonyl (C=O) groups excluding carboxylic acids is 1. The molecule has 1 rings (SSSR count). The lowest BCUT2D eigenvalue weighted by Crippen LogP contribution is -2.33. The fraction of sp³-hybridized carbons (Fsp3) is 0.667. The molecular formula is C9H13BF3O2-. The summed E-state index contributed by atoms with van der Waals surface area (Å²) in [5.41, 5.74) is -1.27. The van der Waals surface area contributed by atoms with Crippen LogP contribution in [-0.4, -0.2) is 20.1 Å². The van der Waals surface area contributed by atoms with Crippen molar-refractivity contribution in [2.45, 2.75) is 26.2 Å². The molecule has 0 N–H and O–H groups in total. The lowest BCUT2D eigenvalue weighted by Gasteiger charge is -2.33. The van der Waals surface area contributed by atoms with E-state index in [0.29, 0.717) is 0 Å². The Kier molecular flexibility index (Phi) is 3.16. The van der Waals surface area contributed by atoms with Crippen LogP contribution in [0.15, 0.2) is 11.5 Å². The largest absolute Gasteiger partial charge is 0.505 e. The molecule has 0 amide bonds. The maximum absolute atomic E-state index is 12.4. The average molecular weight is 221 g/mol. The summed E-state index contributed by atoms with van der Waals surface area (Å²) in [5.74, 6) is -0.438. The molecule has 0 aliphatic heterocycles. The first kappa shape index (κ1) is 12.1. The zero-order valence-electron chi connectivity index (χ0n) is 8.73. The van der Waals surface area contributed by atoms with Crippen molar-refractivity contribution in [3.63, 3.8) is 0 Å². The molecule has 0 saturated carbocycles. The van der Waals surface area contributed by atoms with E-state index < -0.39 is 23.8 Å². The van der Waals surface area contributed by atoms with E-state index in [-0.39, 0.29) is 19.3 Å². The molecule has 0 heterocycles. The lowest BCUT2D eigenvalue weighted by atomic mass is 9.67. The number of methoxy groups -OCH3 is 1. The highest BCUT2D eigenvalue weighted by molar-refractivity contribution is 6.66. The van der Waals surface area contributed by atoms with Crippen LogP contribution < -0.4 is 0 Å². The minimum atomic E-state index is -4.89. The van der Waals surface area contributed by atoms with Crippen molar-refractivity contribution in [3.05, 3.63) is 11.5 Å². The molecule has 6 heteroatoms. The van der Waals surface area contributed by atoms with Crippen LogP contribution in [0.3, 0.4) is 0 Å². The molecule has 1 aliphatic carbocycles. The minimum Gasteiger partial charge on any atom is -0.469 e. The van der Waals surface area contributed by atoms with Crippen molar-refractivity contribution in [2.75, 3.05) is 7.11 Å². The Morgan fingerprint density at radius 2 is 2.13 bits per heavy atom. The fourth-order valence-electron chi connectivity index (χ4n) is 1.71. The van der Waals surface area contributed by atoms with Gasteiger partial charge in [0.1, 0.15) is 0 Å². The van der Waals surface area contributed by atoms with Crippen LogP contribution >= 0.6 is 0 Å². The van der Waals surface area contributed by atoms with E-state index in [0.717, 1.165) is 6.08 Å². The standard InChI is InChI=1S/C9H13BF3O2/c1-9(8(14)15-2)5-3-7(4-6-9)10(11,12)13/h3H,4-6H2,1-2H3/q-1. The third kappa shape index (κ3) is 2.55. The van der Waals surface area contributed by atoms with Gasteiger partial charge >= 0.3 is 12.9 Å². The average Bonchev–Trinajstić information content (AvgIpc) is 2.15. The number of esters is 1. The Morgan fingerprint density at radius 1 is 1.53 bits per heavy atom. The van der Waals surface area contributed by atoms with Crippen LogP contribution in [0.4, 0.5) is 12.9 Å². The van der Waals surface area contributed by atoms with Crippen molar-refractivity contribution in [3.8, 4) is 0 Å². The van der Waals surface area contributed by atoms with E-state index in [4.69, 9.17) is 0 Å². The molecule has 15 heavy (non-hydrogen) atoms. The van der Waals surface area contributed by atoms with Gasteiger partial charge in [-0.3, -0.25) is 4.79 Å². The van der Waals surface area contributed by atoms with Crippen LogP contribution in [0.1, 0.15) is 26.2 Å². The summed E-state index contributed by atoms with van der Waals surface area (Å²) in [4.78, 5) is 11.3. The van der Waals surface area contributed by atoms with E-state index >= 15 is 0 Å². The Balaban J connectivity index is 2.77. The van der Waals surface area contributed by atoms with Crippen molar-refractivity contribution in [1.82, 2.24) is 0 Å². The molecule has 0 aromatic heterocycles. The Bertz CT molecular complexity index is 298. The number of carbonyl (C=O) groups is 1. The van der Waals surface area contributed by atoms with Gasteiger partial charge < -0.3 is 17.7 Å².